The Hall–Kier alpha value is -2.24. The van der Waals surface area contributed by atoms with Gasteiger partial charge in [0.2, 0.25) is 5.91 Å². The van der Waals surface area contributed by atoms with Crippen molar-refractivity contribution >= 4 is 17.6 Å². The fraction of sp³-hybridized carbons (Fsp3) is 0.111. The molecule has 0 bridgehead atoms. The maximum atomic E-state index is 11.0. The molecule has 2 rings (SSSR count). The molecule has 6 heteroatoms. The lowest BCUT2D eigenvalue weighted by Gasteiger charge is -1.91. The first-order chi connectivity index (χ1) is 7.19. The Labute approximate surface area is 85.7 Å². The van der Waals surface area contributed by atoms with Gasteiger partial charge in [0.1, 0.15) is 0 Å². The number of nitrogens with zero attached hydrogens (tertiary/aromatic N) is 4. The van der Waals surface area contributed by atoms with Crippen molar-refractivity contribution in [2.24, 2.45) is 0 Å². The number of fused-ring (bicyclic) bond motifs is 1. The standard InChI is InChI=1S/C9H9N5O/c1-3-7(15)11-8-12-9-10-4-6(2)5-14(9)13-8/h3-5H,1H2,2H3,(H,11,13,15). The molecular formula is C9H9N5O. The normalized spacial score (nSPS) is 10.2. The van der Waals surface area contributed by atoms with Crippen LogP contribution < -0.4 is 5.32 Å². The highest BCUT2D eigenvalue weighted by Crippen LogP contribution is 2.03. The van der Waals surface area contributed by atoms with Crippen molar-refractivity contribution < 1.29 is 4.79 Å². The van der Waals surface area contributed by atoms with E-state index in [-0.39, 0.29) is 11.9 Å². The van der Waals surface area contributed by atoms with Crippen molar-refractivity contribution in [2.75, 3.05) is 5.32 Å². The number of hydrogen-bond donors (Lipinski definition) is 1. The van der Waals surface area contributed by atoms with Gasteiger partial charge in [0.15, 0.2) is 0 Å². The Bertz CT molecular complexity index is 530. The third-order valence-electron chi connectivity index (χ3n) is 1.74. The molecule has 0 unspecified atom stereocenters. The molecule has 2 aromatic heterocycles. The Morgan fingerprint density at radius 1 is 1.67 bits per heavy atom. The van der Waals surface area contributed by atoms with Crippen LogP contribution >= 0.6 is 0 Å². The van der Waals surface area contributed by atoms with Gasteiger partial charge >= 0.3 is 0 Å². The van der Waals surface area contributed by atoms with E-state index in [0.29, 0.717) is 5.78 Å². The highest BCUT2D eigenvalue weighted by molar-refractivity contribution is 5.97. The number of nitrogens with one attached hydrogen (secondary N) is 1. The minimum atomic E-state index is -0.345. The van der Waals surface area contributed by atoms with Gasteiger partial charge in [-0.15, -0.1) is 5.10 Å². The molecule has 0 aliphatic heterocycles. The fourth-order valence-corrected chi connectivity index (χ4v) is 1.09. The molecule has 2 aromatic rings. The maximum Gasteiger partial charge on any atom is 0.253 e. The number of aryl methyl sites for hydroxylation is 1. The third-order valence-corrected chi connectivity index (χ3v) is 1.74. The molecule has 0 fully saturated rings. The molecular weight excluding hydrogens is 194 g/mol. The molecule has 1 amide bonds. The summed E-state index contributed by atoms with van der Waals surface area (Å²) < 4.78 is 1.51. The quantitative estimate of drug-likeness (QED) is 0.724. The Morgan fingerprint density at radius 2 is 2.47 bits per heavy atom. The molecule has 1 N–H and O–H groups in total. The van der Waals surface area contributed by atoms with E-state index in [4.69, 9.17) is 0 Å². The average molecular weight is 203 g/mol. The summed E-state index contributed by atoms with van der Waals surface area (Å²) in [6.07, 6.45) is 4.62. The zero-order valence-electron chi connectivity index (χ0n) is 8.14. The molecule has 0 aromatic carbocycles. The van der Waals surface area contributed by atoms with E-state index in [2.05, 4.69) is 27.0 Å². The second-order valence-corrected chi connectivity index (χ2v) is 3.00. The van der Waals surface area contributed by atoms with Crippen LogP contribution in [0.4, 0.5) is 5.95 Å². The van der Waals surface area contributed by atoms with Crippen LogP contribution in [-0.4, -0.2) is 25.5 Å². The summed E-state index contributed by atoms with van der Waals surface area (Å²) in [5.41, 5.74) is 0.967. The van der Waals surface area contributed by atoms with E-state index in [0.717, 1.165) is 11.6 Å². The fourth-order valence-electron chi connectivity index (χ4n) is 1.09. The molecule has 2 heterocycles. The van der Waals surface area contributed by atoms with Crippen molar-refractivity contribution in [3.05, 3.63) is 30.6 Å². The third kappa shape index (κ3) is 1.83. The van der Waals surface area contributed by atoms with Crippen LogP contribution in [0.5, 0.6) is 0 Å². The number of rotatable bonds is 2. The van der Waals surface area contributed by atoms with Crippen molar-refractivity contribution in [3.63, 3.8) is 0 Å². The average Bonchev–Trinajstić information content (AvgIpc) is 2.59. The second-order valence-electron chi connectivity index (χ2n) is 3.00. The first-order valence-corrected chi connectivity index (χ1v) is 4.31. The van der Waals surface area contributed by atoms with Crippen LogP contribution in [0.2, 0.25) is 0 Å². The minimum absolute atomic E-state index is 0.220. The van der Waals surface area contributed by atoms with Crippen LogP contribution in [-0.2, 0) is 4.79 Å². The Balaban J connectivity index is 2.38. The van der Waals surface area contributed by atoms with Crippen LogP contribution in [0.1, 0.15) is 5.56 Å². The second kappa shape index (κ2) is 3.49. The molecule has 15 heavy (non-hydrogen) atoms. The number of aromatic nitrogens is 4. The topological polar surface area (TPSA) is 72.2 Å². The van der Waals surface area contributed by atoms with Crippen LogP contribution in [0, 0.1) is 6.92 Å². The summed E-state index contributed by atoms with van der Waals surface area (Å²) in [6, 6.07) is 0. The molecule has 0 saturated carbocycles. The highest BCUT2D eigenvalue weighted by Gasteiger charge is 2.05. The van der Waals surface area contributed by atoms with E-state index in [1.165, 1.54) is 4.52 Å². The van der Waals surface area contributed by atoms with Crippen LogP contribution in [0.3, 0.4) is 0 Å². The number of hydrogen-bond acceptors (Lipinski definition) is 4. The lowest BCUT2D eigenvalue weighted by molar-refractivity contribution is -0.111. The monoisotopic (exact) mass is 203 g/mol. The molecule has 0 aliphatic carbocycles. The number of carbonyl (C=O) groups is 1. The number of amides is 1. The number of anilines is 1. The molecule has 0 aliphatic rings. The highest BCUT2D eigenvalue weighted by atomic mass is 16.1. The van der Waals surface area contributed by atoms with Crippen LogP contribution in [0.25, 0.3) is 5.78 Å². The first-order valence-electron chi connectivity index (χ1n) is 4.31. The minimum Gasteiger partial charge on any atom is -0.290 e. The largest absolute Gasteiger partial charge is 0.290 e. The molecule has 0 spiro atoms. The number of carbonyl (C=O) groups excluding carboxylic acids is 1. The summed E-state index contributed by atoms with van der Waals surface area (Å²) in [6.45, 7) is 5.23. The molecule has 76 valence electrons. The summed E-state index contributed by atoms with van der Waals surface area (Å²) in [5, 5.41) is 6.49. The summed E-state index contributed by atoms with van der Waals surface area (Å²) >= 11 is 0. The maximum absolute atomic E-state index is 11.0. The molecule has 0 radical (unpaired) electrons. The van der Waals surface area contributed by atoms with E-state index >= 15 is 0 Å². The van der Waals surface area contributed by atoms with Crippen molar-refractivity contribution in [1.82, 2.24) is 19.6 Å². The Kier molecular flexibility index (Phi) is 2.17. The summed E-state index contributed by atoms with van der Waals surface area (Å²) in [5.74, 6) is 0.320. The summed E-state index contributed by atoms with van der Waals surface area (Å²) in [4.78, 5) is 19.0. The van der Waals surface area contributed by atoms with Crippen molar-refractivity contribution in [2.45, 2.75) is 6.92 Å². The van der Waals surface area contributed by atoms with Gasteiger partial charge in [-0.1, -0.05) is 6.58 Å². The first kappa shape index (κ1) is 9.32. The van der Waals surface area contributed by atoms with Crippen LogP contribution in [0.15, 0.2) is 25.0 Å². The van der Waals surface area contributed by atoms with Gasteiger partial charge < -0.3 is 0 Å². The zero-order chi connectivity index (χ0) is 10.8. The van der Waals surface area contributed by atoms with Gasteiger partial charge in [-0.25, -0.2) is 9.50 Å². The lowest BCUT2D eigenvalue weighted by atomic mass is 10.4. The molecule has 0 saturated heterocycles. The zero-order valence-corrected chi connectivity index (χ0v) is 8.14. The van der Waals surface area contributed by atoms with E-state index in [1.807, 2.05) is 6.92 Å². The smallest absolute Gasteiger partial charge is 0.253 e. The predicted molar refractivity (Wildman–Crippen MR) is 54.3 cm³/mol. The van der Waals surface area contributed by atoms with Crippen molar-refractivity contribution in [3.8, 4) is 0 Å². The SMILES string of the molecule is C=CC(=O)Nc1nc2ncc(C)cn2n1. The van der Waals surface area contributed by atoms with Gasteiger partial charge in [-0.2, -0.15) is 4.98 Å². The predicted octanol–water partition coefficient (Wildman–Crippen LogP) is 0.557. The van der Waals surface area contributed by atoms with E-state index < -0.39 is 0 Å². The lowest BCUT2D eigenvalue weighted by Crippen LogP contribution is -2.08. The van der Waals surface area contributed by atoms with Gasteiger partial charge in [-0.05, 0) is 18.6 Å². The van der Waals surface area contributed by atoms with E-state index in [9.17, 15) is 4.79 Å². The van der Waals surface area contributed by atoms with Gasteiger partial charge in [0.05, 0.1) is 0 Å². The molecule has 0 atom stereocenters. The van der Waals surface area contributed by atoms with E-state index in [1.54, 1.807) is 12.4 Å². The van der Waals surface area contributed by atoms with Gasteiger partial charge in [-0.3, -0.25) is 10.1 Å². The van der Waals surface area contributed by atoms with Crippen molar-refractivity contribution in [1.29, 1.82) is 0 Å². The van der Waals surface area contributed by atoms with Gasteiger partial charge in [0.25, 0.3) is 11.7 Å². The molecule has 6 nitrogen and oxygen atoms in total. The Morgan fingerprint density at radius 3 is 3.20 bits per heavy atom. The van der Waals surface area contributed by atoms with Gasteiger partial charge in [0, 0.05) is 12.4 Å². The summed E-state index contributed by atoms with van der Waals surface area (Å²) in [7, 11) is 0.